The summed E-state index contributed by atoms with van der Waals surface area (Å²) in [5, 5.41) is 3.11. The van der Waals surface area contributed by atoms with E-state index in [1.807, 2.05) is 0 Å². The fourth-order valence-corrected chi connectivity index (χ4v) is 0.250. The van der Waals surface area contributed by atoms with Gasteiger partial charge in [-0.3, -0.25) is 0 Å². The molecular formula is C6H19NSi. The molecule has 0 unspecified atom stereocenters. The van der Waals surface area contributed by atoms with Crippen LogP contribution in [-0.2, 0) is 0 Å². The zero-order valence-corrected chi connectivity index (χ0v) is 8.04. The second-order valence-corrected chi connectivity index (χ2v) is 3.08. The first kappa shape index (κ1) is 11.0. The normalized spacial score (nSPS) is 7.50. The molecule has 2 heteroatoms. The lowest BCUT2D eigenvalue weighted by molar-refractivity contribution is 0.762. The van der Waals surface area contributed by atoms with Gasteiger partial charge < -0.3 is 5.32 Å². The standard InChI is InChI=1S/C4H11N.C2H8Si/c1-3-5-4-2;1-3-2/h5H,3-4H2,1-2H3;3H2,1-2H3. The summed E-state index contributed by atoms with van der Waals surface area (Å²) in [5.41, 5.74) is 0. The van der Waals surface area contributed by atoms with E-state index in [-0.39, 0.29) is 0 Å². The Balaban J connectivity index is 0. The Morgan fingerprint density at radius 1 is 1.12 bits per heavy atom. The van der Waals surface area contributed by atoms with Gasteiger partial charge in [0.15, 0.2) is 0 Å². The van der Waals surface area contributed by atoms with Crippen LogP contribution >= 0.6 is 0 Å². The molecule has 0 rings (SSSR count). The molecule has 0 amide bonds. The summed E-state index contributed by atoms with van der Waals surface area (Å²) in [6.07, 6.45) is 0. The van der Waals surface area contributed by atoms with Crippen LogP contribution < -0.4 is 5.32 Å². The van der Waals surface area contributed by atoms with Crippen molar-refractivity contribution < 1.29 is 0 Å². The number of hydrogen-bond donors (Lipinski definition) is 1. The Morgan fingerprint density at radius 2 is 1.38 bits per heavy atom. The number of nitrogens with one attached hydrogen (secondary N) is 1. The monoisotopic (exact) mass is 133 g/mol. The summed E-state index contributed by atoms with van der Waals surface area (Å²) in [7, 11) is 0.417. The van der Waals surface area contributed by atoms with Crippen LogP contribution in [0.5, 0.6) is 0 Å². The molecule has 0 aromatic heterocycles. The van der Waals surface area contributed by atoms with Crippen molar-refractivity contribution in [3.05, 3.63) is 0 Å². The van der Waals surface area contributed by atoms with Crippen molar-refractivity contribution in [3.8, 4) is 0 Å². The van der Waals surface area contributed by atoms with E-state index in [4.69, 9.17) is 0 Å². The molecule has 8 heavy (non-hydrogen) atoms. The first-order valence-corrected chi connectivity index (χ1v) is 6.36. The molecule has 1 nitrogen and oxygen atoms in total. The van der Waals surface area contributed by atoms with Crippen LogP contribution in [0.3, 0.4) is 0 Å². The van der Waals surface area contributed by atoms with Crippen LogP contribution in [0.4, 0.5) is 0 Å². The summed E-state index contributed by atoms with van der Waals surface area (Å²) < 4.78 is 0. The average molecular weight is 133 g/mol. The van der Waals surface area contributed by atoms with Crippen molar-refractivity contribution in [2.45, 2.75) is 26.9 Å². The summed E-state index contributed by atoms with van der Waals surface area (Å²) in [4.78, 5) is 0. The van der Waals surface area contributed by atoms with Crippen LogP contribution in [0, 0.1) is 0 Å². The lowest BCUT2D eigenvalue weighted by atomic mass is 10.7. The molecule has 52 valence electrons. The Labute approximate surface area is 55.7 Å². The molecule has 0 aromatic rings. The van der Waals surface area contributed by atoms with Gasteiger partial charge in [0.25, 0.3) is 0 Å². The zero-order valence-electron chi connectivity index (χ0n) is 6.62. The van der Waals surface area contributed by atoms with Crippen LogP contribution in [0.2, 0.25) is 13.1 Å². The van der Waals surface area contributed by atoms with Crippen molar-refractivity contribution in [1.29, 1.82) is 0 Å². The van der Waals surface area contributed by atoms with Gasteiger partial charge in [-0.15, -0.1) is 0 Å². The second-order valence-electron chi connectivity index (χ2n) is 1.66. The minimum Gasteiger partial charge on any atom is -0.317 e. The van der Waals surface area contributed by atoms with Crippen LogP contribution in [0.15, 0.2) is 0 Å². The molecule has 0 heterocycles. The van der Waals surface area contributed by atoms with Gasteiger partial charge in [-0.1, -0.05) is 26.9 Å². The first-order valence-electron chi connectivity index (χ1n) is 3.54. The molecular weight excluding hydrogens is 114 g/mol. The zero-order chi connectivity index (χ0) is 6.83. The summed E-state index contributed by atoms with van der Waals surface area (Å²) >= 11 is 0. The maximum absolute atomic E-state index is 3.11. The molecule has 0 radical (unpaired) electrons. The van der Waals surface area contributed by atoms with Crippen molar-refractivity contribution in [2.24, 2.45) is 0 Å². The van der Waals surface area contributed by atoms with Crippen molar-refractivity contribution in [3.63, 3.8) is 0 Å². The van der Waals surface area contributed by atoms with Gasteiger partial charge in [0.2, 0.25) is 0 Å². The average Bonchev–Trinajstić information content (AvgIpc) is 1.71. The molecule has 0 aromatic carbocycles. The lowest BCUT2D eigenvalue weighted by Crippen LogP contribution is -2.09. The van der Waals surface area contributed by atoms with Crippen LogP contribution in [-0.4, -0.2) is 22.6 Å². The van der Waals surface area contributed by atoms with Gasteiger partial charge >= 0.3 is 0 Å². The lowest BCUT2D eigenvalue weighted by Gasteiger charge is -1.86. The first-order chi connectivity index (χ1) is 3.83. The fourth-order valence-electron chi connectivity index (χ4n) is 0.250. The molecule has 0 bridgehead atoms. The predicted molar refractivity (Wildman–Crippen MR) is 44.5 cm³/mol. The quantitative estimate of drug-likeness (QED) is 0.551. The Morgan fingerprint density at radius 3 is 1.38 bits per heavy atom. The maximum atomic E-state index is 3.11. The van der Waals surface area contributed by atoms with E-state index >= 15 is 0 Å². The van der Waals surface area contributed by atoms with E-state index in [9.17, 15) is 0 Å². The number of rotatable bonds is 2. The SMILES string of the molecule is CCNCC.C[SiH2]C. The molecule has 0 fully saturated rings. The highest BCUT2D eigenvalue weighted by atomic mass is 28.2. The topological polar surface area (TPSA) is 12.0 Å². The fraction of sp³-hybridized carbons (Fsp3) is 1.00. The van der Waals surface area contributed by atoms with Crippen LogP contribution in [0.1, 0.15) is 13.8 Å². The number of hydrogen-bond acceptors (Lipinski definition) is 1. The molecule has 0 spiro atoms. The van der Waals surface area contributed by atoms with E-state index in [1.165, 1.54) is 0 Å². The Bertz CT molecular complexity index is 22.5. The molecule has 0 aliphatic rings. The van der Waals surface area contributed by atoms with Crippen molar-refractivity contribution >= 4 is 9.52 Å². The van der Waals surface area contributed by atoms with E-state index in [0.29, 0.717) is 9.52 Å². The van der Waals surface area contributed by atoms with Gasteiger partial charge in [-0.05, 0) is 13.1 Å². The van der Waals surface area contributed by atoms with Gasteiger partial charge in [0, 0.05) is 9.52 Å². The highest BCUT2D eigenvalue weighted by Crippen LogP contribution is 1.47. The molecule has 1 N–H and O–H groups in total. The molecule has 0 aliphatic heterocycles. The molecule has 0 saturated heterocycles. The van der Waals surface area contributed by atoms with Crippen LogP contribution in [0.25, 0.3) is 0 Å². The molecule has 0 aliphatic carbocycles. The van der Waals surface area contributed by atoms with Gasteiger partial charge in [0.1, 0.15) is 0 Å². The largest absolute Gasteiger partial charge is 0.317 e. The maximum Gasteiger partial charge on any atom is 0.0135 e. The third-order valence-electron chi connectivity index (χ3n) is 0.500. The molecule has 0 atom stereocenters. The smallest absolute Gasteiger partial charge is 0.0135 e. The highest BCUT2D eigenvalue weighted by molar-refractivity contribution is 6.31. The minimum absolute atomic E-state index is 0.417. The highest BCUT2D eigenvalue weighted by Gasteiger charge is 1.62. The summed E-state index contributed by atoms with van der Waals surface area (Å²) in [6.45, 7) is 10.9. The predicted octanol–water partition coefficient (Wildman–Crippen LogP) is 0.867. The van der Waals surface area contributed by atoms with E-state index < -0.39 is 0 Å². The Kier molecular flexibility index (Phi) is 21.7. The Hall–Kier alpha value is 0.177. The van der Waals surface area contributed by atoms with Gasteiger partial charge in [-0.25, -0.2) is 0 Å². The minimum atomic E-state index is 0.417. The van der Waals surface area contributed by atoms with Crippen molar-refractivity contribution in [1.82, 2.24) is 5.32 Å². The third kappa shape index (κ3) is 34.9. The summed E-state index contributed by atoms with van der Waals surface area (Å²) in [5.74, 6) is 0. The van der Waals surface area contributed by atoms with Gasteiger partial charge in [-0.2, -0.15) is 0 Å². The second kappa shape index (κ2) is 15.7. The molecule has 0 saturated carbocycles. The van der Waals surface area contributed by atoms with E-state index in [1.54, 1.807) is 0 Å². The van der Waals surface area contributed by atoms with E-state index in [0.717, 1.165) is 13.1 Å². The van der Waals surface area contributed by atoms with Crippen molar-refractivity contribution in [2.75, 3.05) is 13.1 Å². The van der Waals surface area contributed by atoms with E-state index in [2.05, 4.69) is 32.3 Å². The summed E-state index contributed by atoms with van der Waals surface area (Å²) in [6, 6.07) is 0. The third-order valence-corrected chi connectivity index (χ3v) is 0.500. The van der Waals surface area contributed by atoms with Gasteiger partial charge in [0.05, 0.1) is 0 Å².